The Morgan fingerprint density at radius 3 is 2.79 bits per heavy atom. The predicted molar refractivity (Wildman–Crippen MR) is 105 cm³/mol. The van der Waals surface area contributed by atoms with E-state index in [0.717, 1.165) is 18.4 Å². The molecule has 2 aromatic heterocycles. The second-order valence-corrected chi connectivity index (χ2v) is 6.94. The highest BCUT2D eigenvalue weighted by molar-refractivity contribution is 5.78. The molecular formula is C21H22N4O3. The lowest BCUT2D eigenvalue weighted by atomic mass is 10.2. The summed E-state index contributed by atoms with van der Waals surface area (Å²) in [7, 11) is 1.56. The van der Waals surface area contributed by atoms with Gasteiger partial charge in [0.15, 0.2) is 0 Å². The lowest BCUT2D eigenvalue weighted by Gasteiger charge is -2.13. The van der Waals surface area contributed by atoms with Crippen molar-refractivity contribution in [1.29, 1.82) is 0 Å². The summed E-state index contributed by atoms with van der Waals surface area (Å²) in [6.45, 7) is 0.399. The Bertz CT molecular complexity index is 1060. The van der Waals surface area contributed by atoms with Crippen molar-refractivity contribution in [2.24, 2.45) is 0 Å². The molecule has 0 atom stereocenters. The summed E-state index contributed by atoms with van der Waals surface area (Å²) in [5.74, 6) is 1.14. The third kappa shape index (κ3) is 3.88. The van der Waals surface area contributed by atoms with Crippen molar-refractivity contribution in [3.05, 3.63) is 64.3 Å². The van der Waals surface area contributed by atoms with Crippen LogP contribution in [0.5, 0.6) is 5.88 Å². The average Bonchev–Trinajstić information content (AvgIpc) is 3.56. The first kappa shape index (κ1) is 18.2. The number of fused-ring (bicyclic) bond motifs is 1. The summed E-state index contributed by atoms with van der Waals surface area (Å²) < 4.78 is 6.81. The molecule has 28 heavy (non-hydrogen) atoms. The highest BCUT2D eigenvalue weighted by Gasteiger charge is 2.28. The van der Waals surface area contributed by atoms with Crippen LogP contribution >= 0.6 is 0 Å². The summed E-state index contributed by atoms with van der Waals surface area (Å²) in [5, 5.41) is 3.52. The molecular weight excluding hydrogens is 356 g/mol. The summed E-state index contributed by atoms with van der Waals surface area (Å²) in [5.41, 5.74) is 1.57. The number of nitrogens with one attached hydrogen (secondary N) is 1. The molecule has 0 bridgehead atoms. The van der Waals surface area contributed by atoms with E-state index in [2.05, 4.69) is 15.3 Å². The molecule has 0 spiro atoms. The standard InChI is InChI=1S/C21H22N4O3/c1-28-20-11-6-14(13-23-20)12-22-19(26)10-9-18-24-17-5-3-2-4-16(17)21(27)25(18)15-7-8-15/h2-6,11,13,15H,7-10,12H2,1H3,(H,22,26). The van der Waals surface area contributed by atoms with Crippen LogP contribution in [0.4, 0.5) is 0 Å². The van der Waals surface area contributed by atoms with Crippen LogP contribution in [-0.2, 0) is 17.8 Å². The Balaban J connectivity index is 1.44. The first-order valence-electron chi connectivity index (χ1n) is 9.41. The highest BCUT2D eigenvalue weighted by atomic mass is 16.5. The second kappa shape index (κ2) is 7.80. The third-order valence-corrected chi connectivity index (χ3v) is 4.86. The number of carbonyl (C=O) groups is 1. The Kier molecular flexibility index (Phi) is 5.06. The third-order valence-electron chi connectivity index (χ3n) is 4.86. The average molecular weight is 378 g/mol. The second-order valence-electron chi connectivity index (χ2n) is 6.94. The summed E-state index contributed by atoms with van der Waals surface area (Å²) in [4.78, 5) is 33.9. The monoisotopic (exact) mass is 378 g/mol. The molecule has 0 aliphatic heterocycles. The molecule has 1 amide bonds. The number of methoxy groups -OCH3 is 1. The number of rotatable bonds is 7. The van der Waals surface area contributed by atoms with Crippen molar-refractivity contribution in [1.82, 2.24) is 19.9 Å². The molecule has 1 aromatic carbocycles. The fourth-order valence-electron chi connectivity index (χ4n) is 3.23. The maximum atomic E-state index is 12.8. The molecule has 7 heteroatoms. The Labute approximate surface area is 162 Å². The largest absolute Gasteiger partial charge is 0.481 e. The number of amides is 1. The quantitative estimate of drug-likeness (QED) is 0.682. The Morgan fingerprint density at radius 2 is 2.07 bits per heavy atom. The molecule has 2 heterocycles. The van der Waals surface area contributed by atoms with Gasteiger partial charge in [0, 0.05) is 37.7 Å². The van der Waals surface area contributed by atoms with E-state index < -0.39 is 0 Å². The smallest absolute Gasteiger partial charge is 0.261 e. The minimum absolute atomic E-state index is 0.00665. The number of carbonyl (C=O) groups excluding carboxylic acids is 1. The van der Waals surface area contributed by atoms with Gasteiger partial charge in [0.2, 0.25) is 11.8 Å². The van der Waals surface area contributed by atoms with Crippen LogP contribution in [-0.4, -0.2) is 27.6 Å². The van der Waals surface area contributed by atoms with E-state index in [9.17, 15) is 9.59 Å². The van der Waals surface area contributed by atoms with Crippen molar-refractivity contribution in [3.63, 3.8) is 0 Å². The molecule has 1 fully saturated rings. The van der Waals surface area contributed by atoms with Crippen molar-refractivity contribution < 1.29 is 9.53 Å². The molecule has 0 unspecified atom stereocenters. The maximum absolute atomic E-state index is 12.8. The Hall–Kier alpha value is -3.22. The minimum Gasteiger partial charge on any atom is -0.481 e. The SMILES string of the molecule is COc1ccc(CNC(=O)CCc2nc3ccccc3c(=O)n2C2CC2)cn1. The van der Waals surface area contributed by atoms with E-state index in [-0.39, 0.29) is 23.9 Å². The van der Waals surface area contributed by atoms with Crippen molar-refractivity contribution in [2.75, 3.05) is 7.11 Å². The zero-order valence-electron chi connectivity index (χ0n) is 15.7. The summed E-state index contributed by atoms with van der Waals surface area (Å²) in [6.07, 6.45) is 4.37. The molecule has 1 saturated carbocycles. The number of pyridine rings is 1. The lowest BCUT2D eigenvalue weighted by Crippen LogP contribution is -2.27. The van der Waals surface area contributed by atoms with E-state index in [1.54, 1.807) is 23.9 Å². The van der Waals surface area contributed by atoms with Crippen molar-refractivity contribution >= 4 is 16.8 Å². The molecule has 1 aliphatic rings. The highest BCUT2D eigenvalue weighted by Crippen LogP contribution is 2.34. The van der Waals surface area contributed by atoms with Gasteiger partial charge in [0.05, 0.1) is 18.0 Å². The van der Waals surface area contributed by atoms with E-state index in [4.69, 9.17) is 4.74 Å². The number of benzene rings is 1. The Morgan fingerprint density at radius 1 is 1.25 bits per heavy atom. The molecule has 0 radical (unpaired) electrons. The van der Waals surface area contributed by atoms with Gasteiger partial charge in [-0.3, -0.25) is 14.2 Å². The summed E-state index contributed by atoms with van der Waals surface area (Å²) in [6, 6.07) is 11.2. The van der Waals surface area contributed by atoms with Crippen molar-refractivity contribution in [2.45, 2.75) is 38.3 Å². The van der Waals surface area contributed by atoms with Crippen LogP contribution in [0.2, 0.25) is 0 Å². The molecule has 1 aliphatic carbocycles. The predicted octanol–water partition coefficient (Wildman–Crippen LogP) is 2.38. The molecule has 7 nitrogen and oxygen atoms in total. The van der Waals surface area contributed by atoms with Gasteiger partial charge in [-0.15, -0.1) is 0 Å². The van der Waals surface area contributed by atoms with E-state index in [1.807, 2.05) is 30.3 Å². The number of nitrogens with zero attached hydrogens (tertiary/aromatic N) is 3. The van der Waals surface area contributed by atoms with Gasteiger partial charge in [-0.25, -0.2) is 9.97 Å². The lowest BCUT2D eigenvalue weighted by molar-refractivity contribution is -0.121. The number of ether oxygens (including phenoxy) is 1. The number of aryl methyl sites for hydroxylation is 1. The van der Waals surface area contributed by atoms with Crippen LogP contribution in [0.3, 0.4) is 0 Å². The first-order valence-corrected chi connectivity index (χ1v) is 9.41. The van der Waals surface area contributed by atoms with Gasteiger partial charge >= 0.3 is 0 Å². The van der Waals surface area contributed by atoms with E-state index in [0.29, 0.717) is 35.6 Å². The normalized spacial score (nSPS) is 13.5. The van der Waals surface area contributed by atoms with Gasteiger partial charge in [0.25, 0.3) is 5.56 Å². The van der Waals surface area contributed by atoms with Crippen LogP contribution < -0.4 is 15.6 Å². The van der Waals surface area contributed by atoms with E-state index >= 15 is 0 Å². The van der Waals surface area contributed by atoms with Crippen molar-refractivity contribution in [3.8, 4) is 5.88 Å². The van der Waals surface area contributed by atoms with Crippen LogP contribution in [0.25, 0.3) is 10.9 Å². The van der Waals surface area contributed by atoms with Crippen LogP contribution in [0.15, 0.2) is 47.4 Å². The fourth-order valence-corrected chi connectivity index (χ4v) is 3.23. The molecule has 1 N–H and O–H groups in total. The van der Waals surface area contributed by atoms with Gasteiger partial charge < -0.3 is 10.1 Å². The molecule has 144 valence electrons. The molecule has 4 rings (SSSR count). The van der Waals surface area contributed by atoms with Gasteiger partial charge in [-0.2, -0.15) is 0 Å². The van der Waals surface area contributed by atoms with Gasteiger partial charge in [-0.05, 0) is 30.5 Å². The summed E-state index contributed by atoms with van der Waals surface area (Å²) >= 11 is 0. The van der Waals surface area contributed by atoms with E-state index in [1.165, 1.54) is 0 Å². The fraction of sp³-hybridized carbons (Fsp3) is 0.333. The number of hydrogen-bond donors (Lipinski definition) is 1. The maximum Gasteiger partial charge on any atom is 0.261 e. The number of para-hydroxylation sites is 1. The minimum atomic E-state index is -0.0828. The topological polar surface area (TPSA) is 86.1 Å². The van der Waals surface area contributed by atoms with Gasteiger partial charge in [-0.1, -0.05) is 18.2 Å². The van der Waals surface area contributed by atoms with Gasteiger partial charge in [0.1, 0.15) is 5.82 Å². The zero-order valence-corrected chi connectivity index (χ0v) is 15.7. The van der Waals surface area contributed by atoms with Crippen LogP contribution in [0.1, 0.15) is 36.7 Å². The number of aromatic nitrogens is 3. The first-order chi connectivity index (χ1) is 13.7. The van der Waals surface area contributed by atoms with Crippen LogP contribution in [0, 0.1) is 0 Å². The zero-order chi connectivity index (χ0) is 19.5. The molecule has 3 aromatic rings. The number of hydrogen-bond acceptors (Lipinski definition) is 5. The molecule has 0 saturated heterocycles.